The Kier molecular flexibility index (Phi) is 4.62. The van der Waals surface area contributed by atoms with Crippen molar-refractivity contribution in [1.82, 2.24) is 4.90 Å². The van der Waals surface area contributed by atoms with E-state index >= 15 is 0 Å². The van der Waals surface area contributed by atoms with Crippen LogP contribution in [-0.2, 0) is 0 Å². The van der Waals surface area contributed by atoms with Gasteiger partial charge in [0, 0.05) is 12.7 Å². The van der Waals surface area contributed by atoms with Gasteiger partial charge in [-0.15, -0.1) is 0 Å². The predicted molar refractivity (Wildman–Crippen MR) is 62.7 cm³/mol. The summed E-state index contributed by atoms with van der Waals surface area (Å²) >= 11 is 0. The molecular formula is C11H12F2N2O4. The normalized spacial score (nSPS) is 10.3. The molecule has 0 unspecified atom stereocenters. The number of aromatic carboxylic acids is 1. The second-order valence-corrected chi connectivity index (χ2v) is 3.74. The van der Waals surface area contributed by atoms with E-state index in [1.54, 1.807) is 0 Å². The Bertz CT molecular complexity index is 494. The molecule has 0 atom stereocenters. The number of alkyl halides is 2. The molecule has 0 aliphatic heterocycles. The fourth-order valence-electron chi connectivity index (χ4n) is 1.29. The molecular weight excluding hydrogens is 262 g/mol. The maximum atomic E-state index is 12.1. The summed E-state index contributed by atoms with van der Waals surface area (Å²) in [6, 6.07) is 2.58. The number of amides is 2. The Hall–Kier alpha value is -2.38. The predicted octanol–water partition coefficient (Wildman–Crippen LogP) is 1.82. The lowest BCUT2D eigenvalue weighted by atomic mass is 10.2. The largest absolute Gasteiger partial charge is 0.507 e. The van der Waals surface area contributed by atoms with Gasteiger partial charge in [0.1, 0.15) is 11.3 Å². The molecule has 19 heavy (non-hydrogen) atoms. The van der Waals surface area contributed by atoms with E-state index in [2.05, 4.69) is 5.32 Å². The molecule has 1 aromatic carbocycles. The number of carbonyl (C=O) groups excluding carboxylic acids is 1. The van der Waals surface area contributed by atoms with Crippen LogP contribution in [0.2, 0.25) is 0 Å². The van der Waals surface area contributed by atoms with Crippen LogP contribution in [0.1, 0.15) is 10.4 Å². The topological polar surface area (TPSA) is 89.9 Å². The van der Waals surface area contributed by atoms with Crippen LogP contribution in [0, 0.1) is 0 Å². The van der Waals surface area contributed by atoms with Gasteiger partial charge in [-0.3, -0.25) is 0 Å². The minimum absolute atomic E-state index is 0.0846. The zero-order chi connectivity index (χ0) is 14.6. The standard InChI is InChI=1S/C11H12F2N2O4/c1-15(5-9(12)13)11(19)14-6-2-3-8(16)7(4-6)10(17)18/h2-4,9,16H,5H2,1H3,(H,14,19)(H,17,18). The van der Waals surface area contributed by atoms with Crippen molar-refractivity contribution in [3.63, 3.8) is 0 Å². The minimum Gasteiger partial charge on any atom is -0.507 e. The molecule has 0 aliphatic carbocycles. The van der Waals surface area contributed by atoms with Gasteiger partial charge in [0.15, 0.2) is 0 Å². The molecule has 3 N–H and O–H groups in total. The molecule has 1 rings (SSSR count). The summed E-state index contributed by atoms with van der Waals surface area (Å²) in [7, 11) is 1.18. The third kappa shape index (κ3) is 4.09. The number of rotatable bonds is 4. The first kappa shape index (κ1) is 14.7. The summed E-state index contributed by atoms with van der Waals surface area (Å²) in [6.45, 7) is -0.740. The van der Waals surface area contributed by atoms with Gasteiger partial charge in [0.05, 0.1) is 6.54 Å². The molecule has 0 fully saturated rings. The smallest absolute Gasteiger partial charge is 0.339 e. The number of carboxylic acids is 1. The second kappa shape index (κ2) is 5.98. The van der Waals surface area contributed by atoms with Crippen LogP contribution in [-0.4, -0.2) is 47.1 Å². The average Bonchev–Trinajstić information content (AvgIpc) is 2.30. The van der Waals surface area contributed by atoms with E-state index in [0.717, 1.165) is 17.0 Å². The SMILES string of the molecule is CN(CC(F)F)C(=O)Nc1ccc(O)c(C(=O)O)c1. The van der Waals surface area contributed by atoms with Crippen molar-refractivity contribution in [1.29, 1.82) is 0 Å². The number of aromatic hydroxyl groups is 1. The Morgan fingerprint density at radius 2 is 2.05 bits per heavy atom. The van der Waals surface area contributed by atoms with Crippen molar-refractivity contribution in [2.45, 2.75) is 6.43 Å². The summed E-state index contributed by atoms with van der Waals surface area (Å²) in [4.78, 5) is 23.0. The zero-order valence-corrected chi connectivity index (χ0v) is 9.93. The molecule has 0 bridgehead atoms. The third-order valence-corrected chi connectivity index (χ3v) is 2.24. The molecule has 0 saturated heterocycles. The van der Waals surface area contributed by atoms with Gasteiger partial charge in [0.25, 0.3) is 6.43 Å². The number of hydrogen-bond acceptors (Lipinski definition) is 3. The van der Waals surface area contributed by atoms with E-state index in [9.17, 15) is 23.5 Å². The number of urea groups is 1. The van der Waals surface area contributed by atoms with Crippen LogP contribution in [0.25, 0.3) is 0 Å². The number of anilines is 1. The van der Waals surface area contributed by atoms with Crippen LogP contribution in [0.15, 0.2) is 18.2 Å². The highest BCUT2D eigenvalue weighted by molar-refractivity contribution is 5.95. The van der Waals surface area contributed by atoms with Crippen molar-refractivity contribution in [2.24, 2.45) is 0 Å². The van der Waals surface area contributed by atoms with Crippen molar-refractivity contribution in [3.05, 3.63) is 23.8 Å². The number of nitrogens with one attached hydrogen (secondary N) is 1. The summed E-state index contributed by atoms with van der Waals surface area (Å²) in [5.74, 6) is -1.82. The Balaban J connectivity index is 2.80. The zero-order valence-electron chi connectivity index (χ0n) is 9.93. The van der Waals surface area contributed by atoms with Gasteiger partial charge in [-0.25, -0.2) is 18.4 Å². The Morgan fingerprint density at radius 3 is 2.58 bits per heavy atom. The summed E-state index contributed by atoms with van der Waals surface area (Å²) < 4.78 is 24.1. The summed E-state index contributed by atoms with van der Waals surface area (Å²) in [5.41, 5.74) is -0.310. The first-order valence-corrected chi connectivity index (χ1v) is 5.18. The minimum atomic E-state index is -2.66. The number of carboxylic acid groups (broad SMARTS) is 1. The van der Waals surface area contributed by atoms with Crippen LogP contribution in [0.4, 0.5) is 19.3 Å². The van der Waals surface area contributed by atoms with Crippen molar-refractivity contribution in [3.8, 4) is 5.75 Å². The second-order valence-electron chi connectivity index (χ2n) is 3.74. The van der Waals surface area contributed by atoms with E-state index < -0.39 is 36.3 Å². The van der Waals surface area contributed by atoms with Crippen molar-refractivity contribution in [2.75, 3.05) is 18.9 Å². The molecule has 104 valence electrons. The maximum absolute atomic E-state index is 12.1. The van der Waals surface area contributed by atoms with Crippen molar-refractivity contribution < 1.29 is 28.6 Å². The lowest BCUT2D eigenvalue weighted by Gasteiger charge is -2.17. The fourth-order valence-corrected chi connectivity index (χ4v) is 1.29. The summed E-state index contributed by atoms with van der Waals surface area (Å²) in [6.07, 6.45) is -2.66. The number of phenols is 1. The van der Waals surface area contributed by atoms with Gasteiger partial charge >= 0.3 is 12.0 Å². The Morgan fingerprint density at radius 1 is 1.42 bits per heavy atom. The molecule has 0 aromatic heterocycles. The molecule has 0 aliphatic rings. The lowest BCUT2D eigenvalue weighted by Crippen LogP contribution is -2.34. The molecule has 0 spiro atoms. The fraction of sp³-hybridized carbons (Fsp3) is 0.273. The maximum Gasteiger partial charge on any atom is 0.339 e. The lowest BCUT2D eigenvalue weighted by molar-refractivity contribution is 0.0693. The number of benzene rings is 1. The number of carbonyl (C=O) groups is 2. The molecule has 0 saturated carbocycles. The van der Waals surface area contributed by atoms with Gasteiger partial charge in [-0.2, -0.15) is 0 Å². The molecule has 2 amide bonds. The molecule has 8 heteroatoms. The average molecular weight is 274 g/mol. The summed E-state index contributed by atoms with van der Waals surface area (Å²) in [5, 5.41) is 20.3. The van der Waals surface area contributed by atoms with Gasteiger partial charge < -0.3 is 20.4 Å². The van der Waals surface area contributed by atoms with Crippen LogP contribution < -0.4 is 5.32 Å². The van der Waals surface area contributed by atoms with Gasteiger partial charge in [-0.05, 0) is 18.2 Å². The van der Waals surface area contributed by atoms with E-state index in [-0.39, 0.29) is 5.69 Å². The van der Waals surface area contributed by atoms with E-state index in [0.29, 0.717) is 0 Å². The highest BCUT2D eigenvalue weighted by atomic mass is 19.3. The first-order chi connectivity index (χ1) is 8.81. The van der Waals surface area contributed by atoms with Crippen LogP contribution in [0.3, 0.4) is 0 Å². The molecule has 0 radical (unpaired) electrons. The monoisotopic (exact) mass is 274 g/mol. The van der Waals surface area contributed by atoms with Crippen molar-refractivity contribution >= 4 is 17.7 Å². The quantitative estimate of drug-likeness (QED) is 0.730. The van der Waals surface area contributed by atoms with Gasteiger partial charge in [0.2, 0.25) is 0 Å². The molecule has 1 aromatic rings. The highest BCUT2D eigenvalue weighted by Crippen LogP contribution is 2.21. The molecule has 6 nitrogen and oxygen atoms in total. The molecule has 0 heterocycles. The third-order valence-electron chi connectivity index (χ3n) is 2.24. The number of halogens is 2. The van der Waals surface area contributed by atoms with Crippen LogP contribution in [0.5, 0.6) is 5.75 Å². The van der Waals surface area contributed by atoms with Crippen LogP contribution >= 0.6 is 0 Å². The first-order valence-electron chi connectivity index (χ1n) is 5.18. The number of hydrogen-bond donors (Lipinski definition) is 3. The van der Waals surface area contributed by atoms with Gasteiger partial charge in [-0.1, -0.05) is 0 Å². The van der Waals surface area contributed by atoms with E-state index in [4.69, 9.17) is 5.11 Å². The highest BCUT2D eigenvalue weighted by Gasteiger charge is 2.15. The number of nitrogens with zero attached hydrogens (tertiary/aromatic N) is 1. The van der Waals surface area contributed by atoms with E-state index in [1.807, 2.05) is 0 Å². The Labute approximate surface area is 107 Å². The van der Waals surface area contributed by atoms with E-state index in [1.165, 1.54) is 13.1 Å².